The Balaban J connectivity index is 1.69. The standard InChI is InChI=1S/C22H34N3O6PS/c1-5-28-32(27,29-6-2)13-17-14-33-22(24-17)25-21(26)16-9-19(30-15(3)4)11-20(10-16)31-18-7-8-23-12-18/h9-11,15,17-18,23H,5-8,12-14H2,1-4H3,(H,24,25,26)/t17?,18-/m0/s1. The first kappa shape index (κ1) is 26.0. The van der Waals surface area contributed by atoms with Gasteiger partial charge in [-0.3, -0.25) is 14.4 Å². The molecule has 3 rings (SSSR count). The highest BCUT2D eigenvalue weighted by atomic mass is 32.2. The highest BCUT2D eigenvalue weighted by molar-refractivity contribution is 8.14. The lowest BCUT2D eigenvalue weighted by Gasteiger charge is -2.18. The minimum atomic E-state index is -3.20. The number of amidine groups is 1. The Hall–Kier alpha value is -1.58. The number of hydrogen-bond acceptors (Lipinski definition) is 9. The smallest absolute Gasteiger partial charge is 0.332 e. The number of hydrogen-bond donors (Lipinski definition) is 2. The van der Waals surface area contributed by atoms with E-state index in [0.29, 0.717) is 41.2 Å². The predicted molar refractivity (Wildman–Crippen MR) is 131 cm³/mol. The van der Waals surface area contributed by atoms with E-state index in [-0.39, 0.29) is 30.3 Å². The van der Waals surface area contributed by atoms with Crippen molar-refractivity contribution < 1.29 is 27.9 Å². The second-order valence-electron chi connectivity index (χ2n) is 8.07. The van der Waals surface area contributed by atoms with Crippen molar-refractivity contribution in [3.8, 4) is 11.5 Å². The number of ether oxygens (including phenoxy) is 2. The summed E-state index contributed by atoms with van der Waals surface area (Å²) in [7, 11) is -3.20. The number of nitrogens with zero attached hydrogens (tertiary/aromatic N) is 1. The summed E-state index contributed by atoms with van der Waals surface area (Å²) in [6.45, 7) is 9.73. The molecule has 1 unspecified atom stereocenters. The summed E-state index contributed by atoms with van der Waals surface area (Å²) in [5.41, 5.74) is 0.426. The molecular weight excluding hydrogens is 465 g/mol. The third-order valence-corrected chi connectivity index (χ3v) is 8.05. The maximum Gasteiger partial charge on any atom is 0.332 e. The molecule has 2 aliphatic rings. The Kier molecular flexibility index (Phi) is 9.64. The van der Waals surface area contributed by atoms with Gasteiger partial charge in [0, 0.05) is 23.9 Å². The summed E-state index contributed by atoms with van der Waals surface area (Å²) in [6.07, 6.45) is 1.13. The van der Waals surface area contributed by atoms with Crippen molar-refractivity contribution in [3.05, 3.63) is 23.8 Å². The van der Waals surface area contributed by atoms with Gasteiger partial charge in [-0.25, -0.2) is 0 Å². The molecule has 1 aromatic rings. The fraction of sp³-hybridized carbons (Fsp3) is 0.636. The van der Waals surface area contributed by atoms with Crippen LogP contribution in [0.4, 0.5) is 0 Å². The van der Waals surface area contributed by atoms with Crippen LogP contribution in [0.5, 0.6) is 11.5 Å². The van der Waals surface area contributed by atoms with Crippen molar-refractivity contribution in [2.75, 3.05) is 38.2 Å². The van der Waals surface area contributed by atoms with E-state index >= 15 is 0 Å². The number of amides is 1. The van der Waals surface area contributed by atoms with Crippen LogP contribution in [0.25, 0.3) is 0 Å². The molecule has 0 aromatic heterocycles. The number of thioether (sulfide) groups is 1. The van der Waals surface area contributed by atoms with Gasteiger partial charge in [0.2, 0.25) is 0 Å². The average Bonchev–Trinajstić information content (AvgIpc) is 3.39. The van der Waals surface area contributed by atoms with Crippen LogP contribution >= 0.6 is 19.4 Å². The van der Waals surface area contributed by atoms with Crippen molar-refractivity contribution in [2.24, 2.45) is 4.99 Å². The molecule has 1 amide bonds. The van der Waals surface area contributed by atoms with Gasteiger partial charge in [0.1, 0.15) is 17.6 Å². The van der Waals surface area contributed by atoms with E-state index in [1.165, 1.54) is 11.8 Å². The zero-order chi connectivity index (χ0) is 23.8. The Morgan fingerprint density at radius 3 is 2.61 bits per heavy atom. The molecule has 0 spiro atoms. The molecule has 2 atom stereocenters. The van der Waals surface area contributed by atoms with E-state index in [4.69, 9.17) is 18.5 Å². The fourth-order valence-corrected chi connectivity index (χ4v) is 6.48. The number of carbonyl (C=O) groups excluding carboxylic acids is 1. The van der Waals surface area contributed by atoms with E-state index in [0.717, 1.165) is 19.5 Å². The first-order valence-corrected chi connectivity index (χ1v) is 14.1. The fourth-order valence-electron chi connectivity index (χ4n) is 3.57. The maximum absolute atomic E-state index is 13.0. The van der Waals surface area contributed by atoms with Crippen LogP contribution in [0.3, 0.4) is 0 Å². The predicted octanol–water partition coefficient (Wildman–Crippen LogP) is 3.68. The molecule has 2 aliphatic heterocycles. The quantitative estimate of drug-likeness (QED) is 0.444. The highest BCUT2D eigenvalue weighted by Gasteiger charge is 2.32. The summed E-state index contributed by atoms with van der Waals surface area (Å²) >= 11 is 1.41. The lowest BCUT2D eigenvalue weighted by Crippen LogP contribution is -2.27. The number of benzene rings is 1. The van der Waals surface area contributed by atoms with Crippen LogP contribution < -0.4 is 20.1 Å². The minimum Gasteiger partial charge on any atom is -0.491 e. The lowest BCUT2D eigenvalue weighted by molar-refractivity contribution is 0.0976. The van der Waals surface area contributed by atoms with Crippen molar-refractivity contribution in [3.63, 3.8) is 0 Å². The molecule has 0 aliphatic carbocycles. The first-order chi connectivity index (χ1) is 15.8. The molecule has 2 N–H and O–H groups in total. The molecule has 184 valence electrons. The second-order valence-corrected chi connectivity index (χ2v) is 11.2. The Morgan fingerprint density at radius 1 is 1.24 bits per heavy atom. The molecule has 1 saturated heterocycles. The molecule has 11 heteroatoms. The minimum absolute atomic E-state index is 0.0359. The SMILES string of the molecule is CCOP(=O)(CC1CSC(NC(=O)c2cc(OC(C)C)cc(O[C@H]3CCNC3)c2)=N1)OCC. The van der Waals surface area contributed by atoms with E-state index in [2.05, 4.69) is 15.6 Å². The Bertz CT molecular complexity index is 881. The third-order valence-electron chi connectivity index (χ3n) is 4.85. The van der Waals surface area contributed by atoms with Crippen LogP contribution in [0.2, 0.25) is 0 Å². The molecule has 0 saturated carbocycles. The van der Waals surface area contributed by atoms with Gasteiger partial charge in [0.05, 0.1) is 31.5 Å². The van der Waals surface area contributed by atoms with E-state index in [9.17, 15) is 9.36 Å². The molecule has 33 heavy (non-hydrogen) atoms. The van der Waals surface area contributed by atoms with Gasteiger partial charge in [0.25, 0.3) is 5.91 Å². The Morgan fingerprint density at radius 2 is 1.97 bits per heavy atom. The molecule has 2 heterocycles. The summed E-state index contributed by atoms with van der Waals surface area (Å²) in [5, 5.41) is 6.61. The van der Waals surface area contributed by atoms with E-state index in [1.54, 1.807) is 26.0 Å². The van der Waals surface area contributed by atoms with E-state index in [1.807, 2.05) is 19.9 Å². The molecule has 0 radical (unpaired) electrons. The summed E-state index contributed by atoms with van der Waals surface area (Å²) in [5.74, 6) is 1.47. The second kappa shape index (κ2) is 12.2. The van der Waals surface area contributed by atoms with Crippen LogP contribution in [-0.4, -0.2) is 67.5 Å². The van der Waals surface area contributed by atoms with Crippen molar-refractivity contribution in [1.29, 1.82) is 0 Å². The van der Waals surface area contributed by atoms with Crippen molar-refractivity contribution in [1.82, 2.24) is 10.6 Å². The average molecular weight is 500 g/mol. The summed E-state index contributed by atoms with van der Waals surface area (Å²) in [4.78, 5) is 17.5. The van der Waals surface area contributed by atoms with Crippen LogP contribution in [0.15, 0.2) is 23.2 Å². The normalized spacial score (nSPS) is 20.7. The molecule has 1 fully saturated rings. The molecule has 0 bridgehead atoms. The van der Waals surface area contributed by atoms with Gasteiger partial charge in [-0.2, -0.15) is 0 Å². The molecule has 9 nitrogen and oxygen atoms in total. The lowest BCUT2D eigenvalue weighted by atomic mass is 10.2. The van der Waals surface area contributed by atoms with Crippen LogP contribution in [0.1, 0.15) is 44.5 Å². The van der Waals surface area contributed by atoms with Gasteiger partial charge in [-0.05, 0) is 52.8 Å². The van der Waals surface area contributed by atoms with Gasteiger partial charge in [-0.1, -0.05) is 11.8 Å². The highest BCUT2D eigenvalue weighted by Crippen LogP contribution is 2.49. The number of carbonyl (C=O) groups is 1. The van der Waals surface area contributed by atoms with Gasteiger partial charge in [-0.15, -0.1) is 0 Å². The van der Waals surface area contributed by atoms with Gasteiger partial charge < -0.3 is 29.2 Å². The largest absolute Gasteiger partial charge is 0.491 e. The summed E-state index contributed by atoms with van der Waals surface area (Å²) < 4.78 is 35.4. The van der Waals surface area contributed by atoms with Gasteiger partial charge in [0.15, 0.2) is 5.17 Å². The summed E-state index contributed by atoms with van der Waals surface area (Å²) in [6, 6.07) is 4.98. The number of nitrogens with one attached hydrogen (secondary N) is 2. The van der Waals surface area contributed by atoms with Crippen molar-refractivity contribution in [2.45, 2.75) is 52.4 Å². The maximum atomic E-state index is 13.0. The Labute approximate surface area is 199 Å². The first-order valence-electron chi connectivity index (χ1n) is 11.4. The van der Waals surface area contributed by atoms with Crippen LogP contribution in [-0.2, 0) is 13.6 Å². The monoisotopic (exact) mass is 499 g/mol. The van der Waals surface area contributed by atoms with E-state index < -0.39 is 7.60 Å². The zero-order valence-electron chi connectivity index (χ0n) is 19.7. The third kappa shape index (κ3) is 8.00. The van der Waals surface area contributed by atoms with Crippen molar-refractivity contribution >= 4 is 30.4 Å². The zero-order valence-corrected chi connectivity index (χ0v) is 21.4. The van der Waals surface area contributed by atoms with Gasteiger partial charge >= 0.3 is 7.60 Å². The number of aliphatic imine (C=N–C) groups is 1. The molecule has 1 aromatic carbocycles. The molecular formula is C22H34N3O6PS. The van der Waals surface area contributed by atoms with Crippen LogP contribution in [0, 0.1) is 0 Å². The number of rotatable bonds is 11. The topological polar surface area (TPSA) is 107 Å².